The summed E-state index contributed by atoms with van der Waals surface area (Å²) in [5.74, 6) is 0.0537. The van der Waals surface area contributed by atoms with E-state index in [1.807, 2.05) is 26.0 Å². The van der Waals surface area contributed by atoms with Crippen molar-refractivity contribution < 1.29 is 19.4 Å². The number of hydrogen-bond acceptors (Lipinski definition) is 4. The van der Waals surface area contributed by atoms with Gasteiger partial charge in [0.25, 0.3) is 5.91 Å². The van der Waals surface area contributed by atoms with Crippen molar-refractivity contribution in [3.05, 3.63) is 58.9 Å². The van der Waals surface area contributed by atoms with Crippen LogP contribution >= 0.6 is 0 Å². The van der Waals surface area contributed by atoms with Crippen molar-refractivity contribution in [3.8, 4) is 5.75 Å². The van der Waals surface area contributed by atoms with Crippen molar-refractivity contribution in [2.75, 3.05) is 6.54 Å². The molecule has 1 saturated carbocycles. The molecule has 1 aliphatic carbocycles. The van der Waals surface area contributed by atoms with Crippen LogP contribution in [0.25, 0.3) is 0 Å². The highest BCUT2D eigenvalue weighted by molar-refractivity contribution is 5.97. The number of likely N-dealkylation sites (tertiary alicyclic amines) is 1. The van der Waals surface area contributed by atoms with Crippen LogP contribution in [0.5, 0.6) is 5.75 Å². The molecule has 0 radical (unpaired) electrons. The van der Waals surface area contributed by atoms with E-state index in [1.165, 1.54) is 0 Å². The second-order valence-corrected chi connectivity index (χ2v) is 8.18. The third-order valence-electron chi connectivity index (χ3n) is 6.22. The molecule has 1 aromatic heterocycles. The second-order valence-electron chi connectivity index (χ2n) is 8.18. The van der Waals surface area contributed by atoms with E-state index in [0.717, 1.165) is 41.7 Å². The monoisotopic (exact) mass is 394 g/mol. The molecular weight excluding hydrogens is 368 g/mol. The van der Waals surface area contributed by atoms with Gasteiger partial charge in [0.2, 0.25) is 0 Å². The number of ether oxygens (including phenoxy) is 1. The number of rotatable bonds is 5. The van der Waals surface area contributed by atoms with Gasteiger partial charge in [-0.25, -0.2) is 4.79 Å². The van der Waals surface area contributed by atoms with Crippen LogP contribution < -0.4 is 4.74 Å². The van der Waals surface area contributed by atoms with Gasteiger partial charge in [-0.1, -0.05) is 12.5 Å². The number of fused-ring (bicyclic) bond motifs is 1. The maximum atomic E-state index is 13.2. The fraction of sp³-hybridized carbons (Fsp3) is 0.435. The Morgan fingerprint density at radius 1 is 1.24 bits per heavy atom. The molecule has 2 aliphatic rings. The second kappa shape index (κ2) is 7.85. The van der Waals surface area contributed by atoms with Crippen LogP contribution in [0.4, 0.5) is 0 Å². The number of carbonyl (C=O) groups is 2. The molecule has 29 heavy (non-hydrogen) atoms. The molecular formula is C23H26N2O4. The number of aliphatic carboxylic acids is 1. The minimum Gasteiger partial charge on any atom is -0.488 e. The van der Waals surface area contributed by atoms with Crippen molar-refractivity contribution in [2.24, 2.45) is 11.8 Å². The molecule has 1 aliphatic heterocycles. The maximum absolute atomic E-state index is 13.2. The first kappa shape index (κ1) is 19.4. The number of nitrogens with zero attached hydrogens (tertiary/aromatic N) is 2. The summed E-state index contributed by atoms with van der Waals surface area (Å²) in [7, 11) is 0. The average Bonchev–Trinajstić information content (AvgIpc) is 3.28. The lowest BCUT2D eigenvalue weighted by atomic mass is 9.94. The van der Waals surface area contributed by atoms with Crippen LogP contribution in [0.3, 0.4) is 0 Å². The van der Waals surface area contributed by atoms with E-state index in [9.17, 15) is 14.7 Å². The molecule has 2 heterocycles. The molecule has 0 spiro atoms. The van der Waals surface area contributed by atoms with Gasteiger partial charge in [-0.3, -0.25) is 9.78 Å². The SMILES string of the molecule is Cc1cc(C(=O)N2CC3CCCC3C2C(=O)O)cc(C)c1OCc1cccnc1. The Kier molecular flexibility index (Phi) is 5.26. The summed E-state index contributed by atoms with van der Waals surface area (Å²) in [5.41, 5.74) is 3.23. The fourth-order valence-electron chi connectivity index (χ4n) is 4.94. The summed E-state index contributed by atoms with van der Waals surface area (Å²) < 4.78 is 5.97. The zero-order valence-electron chi connectivity index (χ0n) is 16.8. The quantitative estimate of drug-likeness (QED) is 0.838. The van der Waals surface area contributed by atoms with E-state index in [-0.39, 0.29) is 11.8 Å². The number of carbonyl (C=O) groups excluding carboxylic acids is 1. The van der Waals surface area contributed by atoms with E-state index < -0.39 is 12.0 Å². The smallest absolute Gasteiger partial charge is 0.326 e. The van der Waals surface area contributed by atoms with Crippen molar-refractivity contribution in [1.29, 1.82) is 0 Å². The van der Waals surface area contributed by atoms with Gasteiger partial charge >= 0.3 is 5.97 Å². The van der Waals surface area contributed by atoms with E-state index in [4.69, 9.17) is 4.74 Å². The van der Waals surface area contributed by atoms with Gasteiger partial charge in [0.05, 0.1) is 0 Å². The van der Waals surface area contributed by atoms with Gasteiger partial charge in [0.15, 0.2) is 0 Å². The third kappa shape index (κ3) is 3.71. The van der Waals surface area contributed by atoms with Gasteiger partial charge in [-0.15, -0.1) is 0 Å². The molecule has 3 unspecified atom stereocenters. The molecule has 4 rings (SSSR count). The first-order chi connectivity index (χ1) is 14.0. The number of amides is 1. The minimum absolute atomic E-state index is 0.0840. The van der Waals surface area contributed by atoms with Gasteiger partial charge in [0, 0.05) is 30.1 Å². The Morgan fingerprint density at radius 3 is 2.66 bits per heavy atom. The molecule has 1 amide bonds. The summed E-state index contributed by atoms with van der Waals surface area (Å²) in [6.45, 7) is 4.77. The number of benzene rings is 1. The molecule has 2 fully saturated rings. The Labute approximate surface area is 170 Å². The topological polar surface area (TPSA) is 79.7 Å². The largest absolute Gasteiger partial charge is 0.488 e. The van der Waals surface area contributed by atoms with Crippen LogP contribution in [0.2, 0.25) is 0 Å². The first-order valence-corrected chi connectivity index (χ1v) is 10.1. The predicted octanol–water partition coefficient (Wildman–Crippen LogP) is 3.60. The summed E-state index contributed by atoms with van der Waals surface area (Å²) in [5, 5.41) is 9.74. The Morgan fingerprint density at radius 2 is 2.00 bits per heavy atom. The maximum Gasteiger partial charge on any atom is 0.326 e. The lowest BCUT2D eigenvalue weighted by molar-refractivity contribution is -0.142. The van der Waals surface area contributed by atoms with Crippen LogP contribution in [-0.2, 0) is 11.4 Å². The molecule has 6 nitrogen and oxygen atoms in total. The molecule has 6 heteroatoms. The van der Waals surface area contributed by atoms with Crippen LogP contribution in [-0.4, -0.2) is 39.5 Å². The summed E-state index contributed by atoms with van der Waals surface area (Å²) in [6, 6.07) is 6.72. The molecule has 1 aromatic carbocycles. The predicted molar refractivity (Wildman–Crippen MR) is 108 cm³/mol. The zero-order valence-corrected chi connectivity index (χ0v) is 16.8. The average molecular weight is 394 g/mol. The lowest BCUT2D eigenvalue weighted by Gasteiger charge is -2.25. The van der Waals surface area contributed by atoms with Gasteiger partial charge in [-0.2, -0.15) is 0 Å². The number of aromatic nitrogens is 1. The van der Waals surface area contributed by atoms with Crippen molar-refractivity contribution >= 4 is 11.9 Å². The molecule has 2 aromatic rings. The van der Waals surface area contributed by atoms with Crippen molar-refractivity contribution in [2.45, 2.75) is 45.8 Å². The van der Waals surface area contributed by atoms with Gasteiger partial charge in [0.1, 0.15) is 18.4 Å². The van der Waals surface area contributed by atoms with Crippen LogP contribution in [0, 0.1) is 25.7 Å². The normalized spacial score (nSPS) is 23.1. The van der Waals surface area contributed by atoms with Crippen LogP contribution in [0.15, 0.2) is 36.7 Å². The Balaban J connectivity index is 1.54. The summed E-state index contributed by atoms with van der Waals surface area (Å²) in [4.78, 5) is 30.7. The van der Waals surface area contributed by atoms with E-state index >= 15 is 0 Å². The third-order valence-corrected chi connectivity index (χ3v) is 6.22. The van der Waals surface area contributed by atoms with E-state index in [2.05, 4.69) is 4.98 Å². The summed E-state index contributed by atoms with van der Waals surface area (Å²) >= 11 is 0. The molecule has 152 valence electrons. The van der Waals surface area contributed by atoms with Crippen LogP contribution in [0.1, 0.15) is 46.3 Å². The van der Waals surface area contributed by atoms with E-state index in [0.29, 0.717) is 24.6 Å². The Hall–Kier alpha value is -2.89. The van der Waals surface area contributed by atoms with Gasteiger partial charge < -0.3 is 14.7 Å². The standard InChI is InChI=1S/C23H26N2O4/c1-14-9-18(10-15(2)21(14)29-13-16-5-4-8-24-11-16)22(26)25-12-17-6-3-7-19(17)20(25)23(27)28/h4-5,8-11,17,19-20H,3,6-7,12-13H2,1-2H3,(H,27,28). The highest BCUT2D eigenvalue weighted by Gasteiger charge is 2.49. The highest BCUT2D eigenvalue weighted by atomic mass is 16.5. The zero-order chi connectivity index (χ0) is 20.5. The van der Waals surface area contributed by atoms with Gasteiger partial charge in [-0.05, 0) is 67.9 Å². The van der Waals surface area contributed by atoms with E-state index in [1.54, 1.807) is 29.4 Å². The number of pyridine rings is 1. The number of carboxylic acids is 1. The number of carboxylic acid groups (broad SMARTS) is 1. The summed E-state index contributed by atoms with van der Waals surface area (Å²) in [6.07, 6.45) is 6.44. The number of hydrogen-bond donors (Lipinski definition) is 1. The molecule has 0 bridgehead atoms. The fourth-order valence-corrected chi connectivity index (χ4v) is 4.94. The lowest BCUT2D eigenvalue weighted by Crippen LogP contribution is -2.43. The van der Waals surface area contributed by atoms with Crippen molar-refractivity contribution in [1.82, 2.24) is 9.88 Å². The highest BCUT2D eigenvalue weighted by Crippen LogP contribution is 2.43. The Bertz CT molecular complexity index is 905. The molecule has 1 saturated heterocycles. The molecule has 1 N–H and O–H groups in total. The minimum atomic E-state index is -0.891. The van der Waals surface area contributed by atoms with Crippen molar-refractivity contribution in [3.63, 3.8) is 0 Å². The first-order valence-electron chi connectivity index (χ1n) is 10.1. The molecule has 3 atom stereocenters. The number of aryl methyl sites for hydroxylation is 2.